The molecule has 3 aromatic carbocycles. The molecule has 0 aliphatic heterocycles. The van der Waals surface area contributed by atoms with E-state index in [1.807, 2.05) is 76.2 Å². The molecule has 17 heteroatoms. The molecule has 1 aliphatic carbocycles. The zero-order chi connectivity index (χ0) is 50.1. The van der Waals surface area contributed by atoms with E-state index in [0.29, 0.717) is 42.8 Å². The zero-order valence-corrected chi connectivity index (χ0v) is 40.7. The van der Waals surface area contributed by atoms with Crippen LogP contribution in [0.2, 0.25) is 0 Å². The molecule has 0 saturated carbocycles. The SMILES string of the molecule is CCNC(N)=NCCCC[C@@H](NC(=O)[C@H](Cc1ccc(OC(C)(C)C)cc1)NC(=O)[C@H](COC(C)(C)C)NC(=O)[C@@H](Cc1cccnc1)NC(=O)OCC1c2ccccc2-c2ccccc21)C(=O)O. The van der Waals surface area contributed by atoms with Gasteiger partial charge in [-0.3, -0.25) is 24.4 Å². The highest BCUT2D eigenvalue weighted by atomic mass is 16.5. The number of fused-ring (bicyclic) bond motifs is 3. The topological polar surface area (TPSA) is 245 Å². The summed E-state index contributed by atoms with van der Waals surface area (Å²) in [5.74, 6) is -2.88. The maximum absolute atomic E-state index is 14.5. The summed E-state index contributed by atoms with van der Waals surface area (Å²) in [5.41, 5.74) is 10.0. The number of nitrogens with zero attached hydrogens (tertiary/aromatic N) is 2. The maximum atomic E-state index is 14.5. The molecule has 370 valence electrons. The van der Waals surface area contributed by atoms with Crippen LogP contribution >= 0.6 is 0 Å². The number of unbranched alkanes of at least 4 members (excludes halogenated alkanes) is 1. The summed E-state index contributed by atoms with van der Waals surface area (Å²) >= 11 is 0. The molecule has 8 N–H and O–H groups in total. The number of hydrogen-bond acceptors (Lipinski definition) is 10. The molecule has 4 amide bonds. The van der Waals surface area contributed by atoms with Crippen LogP contribution in [0.1, 0.15) is 95.9 Å². The van der Waals surface area contributed by atoms with E-state index in [1.54, 1.807) is 69.6 Å². The first kappa shape index (κ1) is 53.0. The van der Waals surface area contributed by atoms with Crippen molar-refractivity contribution in [3.05, 3.63) is 120 Å². The summed E-state index contributed by atoms with van der Waals surface area (Å²) in [4.78, 5) is 77.5. The lowest BCUT2D eigenvalue weighted by Gasteiger charge is -2.28. The number of nitrogens with two attached hydrogens (primary N) is 1. The fourth-order valence-corrected chi connectivity index (χ4v) is 7.73. The lowest BCUT2D eigenvalue weighted by molar-refractivity contribution is -0.142. The van der Waals surface area contributed by atoms with Crippen molar-refractivity contribution in [1.82, 2.24) is 31.6 Å². The smallest absolute Gasteiger partial charge is 0.407 e. The van der Waals surface area contributed by atoms with Crippen molar-refractivity contribution in [3.8, 4) is 16.9 Å². The molecule has 1 aromatic heterocycles. The lowest BCUT2D eigenvalue weighted by Crippen LogP contribution is -2.59. The maximum Gasteiger partial charge on any atom is 0.407 e. The summed E-state index contributed by atoms with van der Waals surface area (Å²) < 4.78 is 17.8. The van der Waals surface area contributed by atoms with Crippen LogP contribution in [0.5, 0.6) is 5.75 Å². The second-order valence-corrected chi connectivity index (χ2v) is 18.9. The molecule has 0 fully saturated rings. The van der Waals surface area contributed by atoms with Gasteiger partial charge in [0.25, 0.3) is 0 Å². The number of guanidine groups is 1. The van der Waals surface area contributed by atoms with Gasteiger partial charge in [0.05, 0.1) is 12.2 Å². The summed E-state index contributed by atoms with van der Waals surface area (Å²) in [6, 6.07) is 21.1. The number of nitrogens with one attached hydrogen (secondary N) is 5. The molecule has 0 radical (unpaired) electrons. The van der Waals surface area contributed by atoms with E-state index in [0.717, 1.165) is 22.3 Å². The number of amides is 4. The lowest BCUT2D eigenvalue weighted by atomic mass is 9.98. The Labute approximate surface area is 404 Å². The fraction of sp³-hybridized carbons (Fsp3) is 0.442. The zero-order valence-electron chi connectivity index (χ0n) is 40.7. The van der Waals surface area contributed by atoms with Crippen molar-refractivity contribution in [3.63, 3.8) is 0 Å². The van der Waals surface area contributed by atoms with Crippen molar-refractivity contribution in [1.29, 1.82) is 0 Å². The standard InChI is InChI=1S/C52H68N8O9/c1-8-55-49(53)56-27-14-13-21-41(48(64)65)57-45(61)42(28-33-22-24-35(25-23-33)69-52(5,6)7)58-47(63)44(32-68-51(2,3)4)59-46(62)43(29-34-16-15-26-54-30-34)60-50(66)67-31-40-38-19-11-9-17-36(38)37-18-10-12-20-39(37)40/h9-12,15-20,22-26,30,40-44H,8,13-14,21,27-29,31-32H2,1-7H3,(H,57,61)(H,58,63)(H,59,62)(H,60,66)(H,64,65)(H3,53,55,56)/t41-,42+,43-,44+/m1/s1. The van der Waals surface area contributed by atoms with Gasteiger partial charge in [-0.25, -0.2) is 9.59 Å². The number of hydrogen-bond donors (Lipinski definition) is 7. The number of carboxylic acids is 1. The molecular weight excluding hydrogens is 881 g/mol. The monoisotopic (exact) mass is 949 g/mol. The Bertz CT molecular complexity index is 2340. The van der Waals surface area contributed by atoms with Gasteiger partial charge in [0.2, 0.25) is 17.7 Å². The van der Waals surface area contributed by atoms with Gasteiger partial charge in [0.1, 0.15) is 42.1 Å². The van der Waals surface area contributed by atoms with Crippen molar-refractivity contribution in [2.24, 2.45) is 10.7 Å². The third-order valence-corrected chi connectivity index (χ3v) is 11.0. The van der Waals surface area contributed by atoms with Crippen molar-refractivity contribution in [2.45, 2.75) is 122 Å². The number of ether oxygens (including phenoxy) is 3. The Morgan fingerprint density at radius 3 is 1.87 bits per heavy atom. The molecule has 1 heterocycles. The Morgan fingerprint density at radius 1 is 0.710 bits per heavy atom. The van der Waals surface area contributed by atoms with E-state index in [4.69, 9.17) is 19.9 Å². The molecule has 1 aliphatic rings. The first-order valence-electron chi connectivity index (χ1n) is 23.4. The van der Waals surface area contributed by atoms with E-state index >= 15 is 0 Å². The normalized spacial score (nSPS) is 14.2. The van der Waals surface area contributed by atoms with Crippen LogP contribution in [0.3, 0.4) is 0 Å². The molecule has 5 rings (SSSR count). The molecule has 4 atom stereocenters. The van der Waals surface area contributed by atoms with Gasteiger partial charge < -0.3 is 51.6 Å². The van der Waals surface area contributed by atoms with Gasteiger partial charge >= 0.3 is 12.1 Å². The van der Waals surface area contributed by atoms with Crippen LogP contribution in [0.4, 0.5) is 4.79 Å². The highest BCUT2D eigenvalue weighted by molar-refractivity contribution is 5.95. The third kappa shape index (κ3) is 16.9. The predicted octanol–water partition coefficient (Wildman–Crippen LogP) is 5.40. The van der Waals surface area contributed by atoms with Crippen molar-refractivity contribution in [2.75, 3.05) is 26.3 Å². The molecule has 69 heavy (non-hydrogen) atoms. The van der Waals surface area contributed by atoms with Crippen LogP contribution < -0.4 is 37.1 Å². The highest BCUT2D eigenvalue weighted by Crippen LogP contribution is 2.44. The Hall–Kier alpha value is -7.01. The molecule has 0 saturated heterocycles. The number of pyridine rings is 1. The summed E-state index contributed by atoms with van der Waals surface area (Å²) in [6.45, 7) is 13.6. The number of rotatable bonds is 23. The second-order valence-electron chi connectivity index (χ2n) is 18.9. The minimum atomic E-state index is -1.39. The summed E-state index contributed by atoms with van der Waals surface area (Å²) in [6.07, 6.45) is 3.26. The number of aliphatic carboxylic acids is 1. The predicted molar refractivity (Wildman–Crippen MR) is 264 cm³/mol. The third-order valence-electron chi connectivity index (χ3n) is 11.0. The fourth-order valence-electron chi connectivity index (χ4n) is 7.73. The first-order chi connectivity index (χ1) is 32.8. The number of aliphatic imine (C=N–C) groups is 1. The minimum Gasteiger partial charge on any atom is -0.488 e. The van der Waals surface area contributed by atoms with Gasteiger partial charge in [-0.15, -0.1) is 0 Å². The number of carbonyl (C=O) groups is 5. The Morgan fingerprint density at radius 2 is 1.29 bits per heavy atom. The van der Waals surface area contributed by atoms with E-state index in [9.17, 15) is 29.1 Å². The average Bonchev–Trinajstić information content (AvgIpc) is 3.62. The first-order valence-corrected chi connectivity index (χ1v) is 23.4. The molecule has 17 nitrogen and oxygen atoms in total. The summed E-state index contributed by atoms with van der Waals surface area (Å²) in [5, 5.41) is 23.9. The van der Waals surface area contributed by atoms with Crippen LogP contribution in [0.25, 0.3) is 11.1 Å². The number of carboxylic acid groups (broad SMARTS) is 1. The van der Waals surface area contributed by atoms with Gasteiger partial charge in [-0.05, 0) is 119 Å². The van der Waals surface area contributed by atoms with Gasteiger partial charge in [0, 0.05) is 44.2 Å². The number of carbonyl (C=O) groups excluding carboxylic acids is 4. The van der Waals surface area contributed by atoms with Crippen LogP contribution in [-0.2, 0) is 41.5 Å². The highest BCUT2D eigenvalue weighted by Gasteiger charge is 2.34. The largest absolute Gasteiger partial charge is 0.488 e. The molecule has 0 unspecified atom stereocenters. The van der Waals surface area contributed by atoms with Crippen LogP contribution in [0.15, 0.2) is 102 Å². The molecular formula is C52H68N8O9. The van der Waals surface area contributed by atoms with Crippen LogP contribution in [0, 0.1) is 0 Å². The van der Waals surface area contributed by atoms with Crippen LogP contribution in [-0.4, -0.2) is 108 Å². The van der Waals surface area contributed by atoms with E-state index in [-0.39, 0.29) is 44.4 Å². The van der Waals surface area contributed by atoms with Gasteiger partial charge in [-0.2, -0.15) is 0 Å². The van der Waals surface area contributed by atoms with Gasteiger partial charge in [0.15, 0.2) is 5.96 Å². The van der Waals surface area contributed by atoms with E-state index in [2.05, 4.69) is 36.6 Å². The van der Waals surface area contributed by atoms with E-state index in [1.165, 1.54) is 0 Å². The number of alkyl carbamates (subject to hydrolysis) is 1. The minimum absolute atomic E-state index is 0.00448. The average molecular weight is 949 g/mol. The van der Waals surface area contributed by atoms with Gasteiger partial charge in [-0.1, -0.05) is 66.7 Å². The summed E-state index contributed by atoms with van der Waals surface area (Å²) in [7, 11) is 0. The van der Waals surface area contributed by atoms with Crippen molar-refractivity contribution >= 4 is 35.7 Å². The quantitative estimate of drug-likeness (QED) is 0.0281. The molecule has 0 spiro atoms. The number of benzene rings is 3. The Balaban J connectivity index is 1.35. The Kier molecular flexibility index (Phi) is 19.1. The van der Waals surface area contributed by atoms with E-state index < -0.39 is 65.2 Å². The molecule has 4 aromatic rings. The van der Waals surface area contributed by atoms with Crippen molar-refractivity contribution < 1.29 is 43.3 Å². The second kappa shape index (κ2) is 24.8. The number of aromatic nitrogens is 1. The molecule has 0 bridgehead atoms.